The summed E-state index contributed by atoms with van der Waals surface area (Å²) in [6, 6.07) is 19.3. The Morgan fingerprint density at radius 1 is 0.795 bits per heavy atom. The number of benzene rings is 3. The molecule has 44 heavy (non-hydrogen) atoms. The monoisotopic (exact) mass is 614 g/mol. The standard InChI is InChI=1S/C29H20F6N6O3/c30-28(31,32)19-3-7-20(8-4-19)37-16-25(42)39-22-5-1-17(2-6-22)27-40-26(41-44-27)18-13-14-36-24(15-18)38-21-9-11-23(12-10-21)43-29(33,34)35/h1-15,37H,16H2,(H,36,38)(H,39,42). The Labute approximate surface area is 244 Å². The topological polar surface area (TPSA) is 114 Å². The maximum atomic E-state index is 12.7. The third-order valence-corrected chi connectivity index (χ3v) is 5.89. The zero-order valence-corrected chi connectivity index (χ0v) is 22.2. The first-order valence-corrected chi connectivity index (χ1v) is 12.7. The third kappa shape index (κ3) is 8.02. The van der Waals surface area contributed by atoms with Crippen molar-refractivity contribution >= 4 is 28.8 Å². The Morgan fingerprint density at radius 3 is 2.11 bits per heavy atom. The SMILES string of the molecule is O=C(CNc1ccc(C(F)(F)F)cc1)Nc1ccc(-c2nc(-c3ccnc(Nc4ccc(OC(F)(F)F)cc4)c3)no2)cc1. The molecule has 0 bridgehead atoms. The number of amides is 1. The van der Waals surface area contributed by atoms with Crippen molar-refractivity contribution in [2.45, 2.75) is 12.5 Å². The molecule has 1 amide bonds. The lowest BCUT2D eigenvalue weighted by Crippen LogP contribution is -2.21. The van der Waals surface area contributed by atoms with Crippen LogP contribution >= 0.6 is 0 Å². The Balaban J connectivity index is 1.16. The quantitative estimate of drug-likeness (QED) is 0.146. The van der Waals surface area contributed by atoms with E-state index >= 15 is 0 Å². The summed E-state index contributed by atoms with van der Waals surface area (Å²) in [5.41, 5.74) is 1.64. The summed E-state index contributed by atoms with van der Waals surface area (Å²) in [7, 11) is 0. The number of anilines is 4. The minimum Gasteiger partial charge on any atom is -0.406 e. The van der Waals surface area contributed by atoms with Crippen molar-refractivity contribution in [1.29, 1.82) is 0 Å². The highest BCUT2D eigenvalue weighted by molar-refractivity contribution is 5.93. The number of halogens is 6. The number of carbonyl (C=O) groups excluding carboxylic acids is 1. The zero-order valence-electron chi connectivity index (χ0n) is 22.2. The lowest BCUT2D eigenvalue weighted by molar-refractivity contribution is -0.274. The van der Waals surface area contributed by atoms with Crippen LogP contribution in [-0.4, -0.2) is 33.9 Å². The minimum atomic E-state index is -4.78. The van der Waals surface area contributed by atoms with Gasteiger partial charge >= 0.3 is 12.5 Å². The number of nitrogens with zero attached hydrogens (tertiary/aromatic N) is 3. The average molecular weight is 615 g/mol. The van der Waals surface area contributed by atoms with E-state index in [0.29, 0.717) is 34.0 Å². The van der Waals surface area contributed by atoms with Crippen LogP contribution < -0.4 is 20.7 Å². The maximum Gasteiger partial charge on any atom is 0.573 e. The van der Waals surface area contributed by atoms with Crippen molar-refractivity contribution in [2.75, 3.05) is 22.5 Å². The van der Waals surface area contributed by atoms with Gasteiger partial charge in [0.1, 0.15) is 11.6 Å². The van der Waals surface area contributed by atoms with Gasteiger partial charge in [-0.25, -0.2) is 4.98 Å². The molecule has 0 saturated carbocycles. The summed E-state index contributed by atoms with van der Waals surface area (Å²) in [5.74, 6) is 0.0735. The van der Waals surface area contributed by atoms with E-state index in [1.165, 1.54) is 42.6 Å². The molecule has 0 atom stereocenters. The molecule has 2 heterocycles. The minimum absolute atomic E-state index is 0.166. The van der Waals surface area contributed by atoms with Gasteiger partial charge in [0.15, 0.2) is 0 Å². The first-order chi connectivity index (χ1) is 20.9. The highest BCUT2D eigenvalue weighted by atomic mass is 19.4. The molecule has 0 aliphatic rings. The fourth-order valence-electron chi connectivity index (χ4n) is 3.84. The number of alkyl halides is 6. The van der Waals surface area contributed by atoms with Crippen LogP contribution in [0, 0.1) is 0 Å². The van der Waals surface area contributed by atoms with Gasteiger partial charge in [-0.05, 0) is 84.9 Å². The van der Waals surface area contributed by atoms with Crippen LogP contribution in [-0.2, 0) is 11.0 Å². The maximum absolute atomic E-state index is 12.7. The van der Waals surface area contributed by atoms with Gasteiger partial charge in [-0.3, -0.25) is 4.79 Å². The highest BCUT2D eigenvalue weighted by Crippen LogP contribution is 2.30. The fourth-order valence-corrected chi connectivity index (χ4v) is 3.84. The second kappa shape index (κ2) is 12.3. The van der Waals surface area contributed by atoms with Gasteiger partial charge in [-0.15, -0.1) is 13.2 Å². The molecule has 0 saturated heterocycles. The van der Waals surface area contributed by atoms with Gasteiger partial charge < -0.3 is 25.2 Å². The first-order valence-electron chi connectivity index (χ1n) is 12.7. The number of rotatable bonds is 9. The second-order valence-corrected chi connectivity index (χ2v) is 9.10. The van der Waals surface area contributed by atoms with Crippen molar-refractivity contribution in [2.24, 2.45) is 0 Å². The molecule has 226 valence electrons. The van der Waals surface area contributed by atoms with Gasteiger partial charge in [0.25, 0.3) is 5.89 Å². The molecule has 15 heteroatoms. The van der Waals surface area contributed by atoms with Crippen LogP contribution in [0.2, 0.25) is 0 Å². The normalized spacial score (nSPS) is 11.6. The van der Waals surface area contributed by atoms with Crippen LogP contribution in [0.4, 0.5) is 49.2 Å². The average Bonchev–Trinajstić information content (AvgIpc) is 3.47. The van der Waals surface area contributed by atoms with Crippen LogP contribution in [0.15, 0.2) is 95.6 Å². The molecular formula is C29H20F6N6O3. The van der Waals surface area contributed by atoms with Crippen LogP contribution in [0.1, 0.15) is 5.56 Å². The van der Waals surface area contributed by atoms with E-state index in [1.54, 1.807) is 36.4 Å². The predicted octanol–water partition coefficient (Wildman–Crippen LogP) is 7.51. The smallest absolute Gasteiger partial charge is 0.406 e. The third-order valence-electron chi connectivity index (χ3n) is 5.89. The zero-order chi connectivity index (χ0) is 31.3. The Bertz CT molecular complexity index is 1720. The lowest BCUT2D eigenvalue weighted by Gasteiger charge is -2.10. The number of nitrogens with one attached hydrogen (secondary N) is 3. The van der Waals surface area contributed by atoms with Crippen LogP contribution in [0.3, 0.4) is 0 Å². The molecule has 0 fully saturated rings. The van der Waals surface area contributed by atoms with Gasteiger partial charge in [0.05, 0.1) is 12.1 Å². The second-order valence-electron chi connectivity index (χ2n) is 9.10. The summed E-state index contributed by atoms with van der Waals surface area (Å²) < 4.78 is 84.4. The van der Waals surface area contributed by atoms with Gasteiger partial charge in [0, 0.05) is 34.4 Å². The number of hydrogen-bond donors (Lipinski definition) is 3. The van der Waals surface area contributed by atoms with E-state index in [-0.39, 0.29) is 24.0 Å². The molecule has 3 N–H and O–H groups in total. The molecule has 0 unspecified atom stereocenters. The summed E-state index contributed by atoms with van der Waals surface area (Å²) >= 11 is 0. The summed E-state index contributed by atoms with van der Waals surface area (Å²) in [4.78, 5) is 20.9. The lowest BCUT2D eigenvalue weighted by atomic mass is 10.2. The van der Waals surface area contributed by atoms with Gasteiger partial charge in [-0.2, -0.15) is 18.2 Å². The van der Waals surface area contributed by atoms with E-state index in [0.717, 1.165) is 12.1 Å². The summed E-state index contributed by atoms with van der Waals surface area (Å²) in [6.07, 6.45) is -7.73. The number of aromatic nitrogens is 3. The molecule has 9 nitrogen and oxygen atoms in total. The van der Waals surface area contributed by atoms with Crippen molar-refractivity contribution in [3.63, 3.8) is 0 Å². The summed E-state index contributed by atoms with van der Waals surface area (Å²) in [6.45, 7) is -0.166. The predicted molar refractivity (Wildman–Crippen MR) is 148 cm³/mol. The Kier molecular flexibility index (Phi) is 8.37. The van der Waals surface area contributed by atoms with Gasteiger partial charge in [0.2, 0.25) is 11.7 Å². The van der Waals surface area contributed by atoms with E-state index < -0.39 is 24.0 Å². The molecule has 0 aliphatic carbocycles. The molecule has 0 spiro atoms. The van der Waals surface area contributed by atoms with E-state index in [9.17, 15) is 31.1 Å². The van der Waals surface area contributed by atoms with Crippen molar-refractivity contribution in [3.05, 3.63) is 96.7 Å². The van der Waals surface area contributed by atoms with E-state index in [4.69, 9.17) is 4.52 Å². The first kappa shape index (κ1) is 29.9. The highest BCUT2D eigenvalue weighted by Gasteiger charge is 2.31. The molecule has 2 aromatic heterocycles. The molecular weight excluding hydrogens is 594 g/mol. The van der Waals surface area contributed by atoms with Crippen molar-refractivity contribution in [1.82, 2.24) is 15.1 Å². The largest absolute Gasteiger partial charge is 0.573 e. The number of ether oxygens (including phenoxy) is 1. The molecule has 5 aromatic rings. The Morgan fingerprint density at radius 2 is 1.45 bits per heavy atom. The van der Waals surface area contributed by atoms with E-state index in [1.807, 2.05) is 0 Å². The molecule has 5 rings (SSSR count). The molecule has 0 radical (unpaired) electrons. The Hall–Kier alpha value is -5.60. The van der Waals surface area contributed by atoms with E-state index in [2.05, 4.69) is 35.8 Å². The van der Waals surface area contributed by atoms with Crippen molar-refractivity contribution < 1.29 is 40.4 Å². The number of carbonyl (C=O) groups is 1. The van der Waals surface area contributed by atoms with Gasteiger partial charge in [-0.1, -0.05) is 5.16 Å². The molecule has 3 aromatic carbocycles. The molecule has 0 aliphatic heterocycles. The fraction of sp³-hybridized carbons (Fsp3) is 0.103. The van der Waals surface area contributed by atoms with Crippen LogP contribution in [0.5, 0.6) is 5.75 Å². The van der Waals surface area contributed by atoms with Crippen LogP contribution in [0.25, 0.3) is 22.8 Å². The number of hydrogen-bond acceptors (Lipinski definition) is 8. The summed E-state index contributed by atoms with van der Waals surface area (Å²) in [5, 5.41) is 12.4. The van der Waals surface area contributed by atoms with Crippen molar-refractivity contribution in [3.8, 4) is 28.6 Å². The number of pyridine rings is 1.